The van der Waals surface area contributed by atoms with Crippen LogP contribution in [0.5, 0.6) is 0 Å². The zero-order valence-corrected chi connectivity index (χ0v) is 14.4. The lowest BCUT2D eigenvalue weighted by Crippen LogP contribution is -2.47. The molecular formula is C17H15F6N3O2. The largest absolute Gasteiger partial charge is 0.461 e. The van der Waals surface area contributed by atoms with Gasteiger partial charge in [-0.1, -0.05) is 12.1 Å². The minimum absolute atomic E-state index is 0.0190. The van der Waals surface area contributed by atoms with E-state index in [1.807, 2.05) is 0 Å². The van der Waals surface area contributed by atoms with Crippen LogP contribution < -0.4 is 5.32 Å². The first-order chi connectivity index (χ1) is 13.0. The fourth-order valence-corrected chi connectivity index (χ4v) is 3.01. The summed E-state index contributed by atoms with van der Waals surface area (Å²) in [5.74, 6) is -6.83. The summed E-state index contributed by atoms with van der Waals surface area (Å²) in [5.41, 5.74) is -0.0819. The van der Waals surface area contributed by atoms with Crippen molar-refractivity contribution < 1.29 is 35.9 Å². The molecule has 0 amide bonds. The van der Waals surface area contributed by atoms with Gasteiger partial charge in [-0.25, -0.2) is 13.9 Å². The number of nitrogens with one attached hydrogen (secondary N) is 1. The van der Waals surface area contributed by atoms with E-state index in [1.54, 1.807) is 0 Å². The molecule has 2 aromatic rings. The Labute approximate surface area is 155 Å². The van der Waals surface area contributed by atoms with Crippen LogP contribution in [0.15, 0.2) is 30.3 Å². The van der Waals surface area contributed by atoms with Gasteiger partial charge in [0.2, 0.25) is 0 Å². The third-order valence-corrected chi connectivity index (χ3v) is 4.37. The molecule has 0 saturated carbocycles. The van der Waals surface area contributed by atoms with Crippen LogP contribution in [0.4, 0.5) is 32.2 Å². The highest BCUT2D eigenvalue weighted by atomic mass is 19.4. The van der Waals surface area contributed by atoms with E-state index in [0.29, 0.717) is 10.2 Å². The Morgan fingerprint density at radius 3 is 2.46 bits per heavy atom. The summed E-state index contributed by atoms with van der Waals surface area (Å²) in [5, 5.41) is 6.39. The lowest BCUT2D eigenvalue weighted by molar-refractivity contribution is -0.301. The van der Waals surface area contributed by atoms with Crippen LogP contribution in [0.2, 0.25) is 0 Å². The third kappa shape index (κ3) is 3.52. The van der Waals surface area contributed by atoms with Crippen molar-refractivity contribution in [2.45, 2.75) is 37.5 Å². The van der Waals surface area contributed by atoms with Gasteiger partial charge >= 0.3 is 18.1 Å². The average molecular weight is 407 g/mol. The number of esters is 1. The molecule has 2 atom stereocenters. The Kier molecular flexibility index (Phi) is 5.02. The predicted molar refractivity (Wildman–Crippen MR) is 85.6 cm³/mol. The maximum atomic E-state index is 14.2. The summed E-state index contributed by atoms with van der Waals surface area (Å²) in [6.45, 7) is 1.49. The van der Waals surface area contributed by atoms with E-state index in [1.165, 1.54) is 19.1 Å². The molecule has 2 heterocycles. The van der Waals surface area contributed by atoms with E-state index in [0.717, 1.165) is 18.2 Å². The molecule has 1 aliphatic heterocycles. The maximum absolute atomic E-state index is 14.2. The number of nitrogens with zero attached hydrogens (tertiary/aromatic N) is 2. The fraction of sp³-hybridized carbons (Fsp3) is 0.412. The van der Waals surface area contributed by atoms with Gasteiger partial charge in [0.15, 0.2) is 5.69 Å². The van der Waals surface area contributed by atoms with Gasteiger partial charge in [-0.15, -0.1) is 0 Å². The van der Waals surface area contributed by atoms with E-state index in [9.17, 15) is 31.1 Å². The molecule has 1 aromatic carbocycles. The molecule has 1 aromatic heterocycles. The van der Waals surface area contributed by atoms with Crippen molar-refractivity contribution in [1.82, 2.24) is 9.78 Å². The monoisotopic (exact) mass is 407 g/mol. The van der Waals surface area contributed by atoms with Crippen molar-refractivity contribution >= 4 is 11.8 Å². The van der Waals surface area contributed by atoms with E-state index in [4.69, 9.17) is 4.74 Å². The minimum Gasteiger partial charge on any atom is -0.461 e. The van der Waals surface area contributed by atoms with Gasteiger partial charge in [-0.2, -0.15) is 27.1 Å². The highest BCUT2D eigenvalue weighted by Crippen LogP contribution is 2.50. The SMILES string of the molecule is CCOC(=O)c1cc2n(n1)[C@@H](C(F)(F)C(F)(F)F)C[C@@H](c1ccc(F)cc1)N2. The first kappa shape index (κ1) is 20.0. The number of rotatable bonds is 4. The number of anilines is 1. The van der Waals surface area contributed by atoms with Gasteiger partial charge < -0.3 is 10.1 Å². The molecule has 1 N–H and O–H groups in total. The molecule has 152 valence electrons. The summed E-state index contributed by atoms with van der Waals surface area (Å²) in [6, 6.07) is 2.39. The van der Waals surface area contributed by atoms with Crippen LogP contribution in [0.25, 0.3) is 0 Å². The molecule has 0 fully saturated rings. The van der Waals surface area contributed by atoms with Crippen LogP contribution in [-0.2, 0) is 4.74 Å². The van der Waals surface area contributed by atoms with Gasteiger partial charge in [0, 0.05) is 12.5 Å². The Morgan fingerprint density at radius 1 is 1.25 bits per heavy atom. The van der Waals surface area contributed by atoms with Gasteiger partial charge in [0.1, 0.15) is 17.7 Å². The molecule has 3 rings (SSSR count). The number of aromatic nitrogens is 2. The van der Waals surface area contributed by atoms with E-state index in [-0.39, 0.29) is 12.4 Å². The van der Waals surface area contributed by atoms with Gasteiger partial charge in [0.05, 0.1) is 12.6 Å². The molecule has 0 spiro atoms. The van der Waals surface area contributed by atoms with Crippen LogP contribution >= 0.6 is 0 Å². The first-order valence-electron chi connectivity index (χ1n) is 8.27. The standard InChI is InChI=1S/C17H15F6N3O2/c1-2-28-15(27)12-8-14-24-11(9-3-5-10(18)6-4-9)7-13(26(14)25-12)16(19,20)17(21,22)23/h3-6,8,11,13,24H,2,7H2,1H3/t11-,13+/m0/s1. The number of hydrogen-bond acceptors (Lipinski definition) is 4. The third-order valence-electron chi connectivity index (χ3n) is 4.37. The lowest BCUT2D eigenvalue weighted by atomic mass is 9.93. The smallest absolute Gasteiger partial charge is 0.455 e. The number of carbonyl (C=O) groups is 1. The first-order valence-corrected chi connectivity index (χ1v) is 8.27. The molecule has 0 aliphatic carbocycles. The zero-order chi connectivity index (χ0) is 20.7. The summed E-state index contributed by atoms with van der Waals surface area (Å²) < 4.78 is 85.8. The van der Waals surface area contributed by atoms with Crippen LogP contribution in [0.1, 0.15) is 41.5 Å². The molecule has 28 heavy (non-hydrogen) atoms. The highest BCUT2D eigenvalue weighted by Gasteiger charge is 2.64. The summed E-state index contributed by atoms with van der Waals surface area (Å²) in [4.78, 5) is 11.8. The van der Waals surface area contributed by atoms with Crippen molar-refractivity contribution in [2.24, 2.45) is 0 Å². The molecule has 0 bridgehead atoms. The van der Waals surface area contributed by atoms with Crippen molar-refractivity contribution in [3.63, 3.8) is 0 Å². The zero-order valence-electron chi connectivity index (χ0n) is 14.4. The van der Waals surface area contributed by atoms with Crippen molar-refractivity contribution in [3.8, 4) is 0 Å². The Balaban J connectivity index is 2.05. The number of halogens is 6. The predicted octanol–water partition coefficient (Wildman–Crippen LogP) is 4.49. The molecule has 0 saturated heterocycles. The second-order valence-electron chi connectivity index (χ2n) is 6.20. The topological polar surface area (TPSA) is 56.2 Å². The van der Waals surface area contributed by atoms with Crippen molar-refractivity contribution in [2.75, 3.05) is 11.9 Å². The molecule has 0 unspecified atom stereocenters. The van der Waals surface area contributed by atoms with Crippen molar-refractivity contribution in [3.05, 3.63) is 47.4 Å². The number of fused-ring (bicyclic) bond motifs is 1. The molecule has 0 radical (unpaired) electrons. The van der Waals surface area contributed by atoms with Crippen molar-refractivity contribution in [1.29, 1.82) is 0 Å². The van der Waals surface area contributed by atoms with Crippen LogP contribution in [0.3, 0.4) is 0 Å². The van der Waals surface area contributed by atoms with E-state index < -0.39 is 48.1 Å². The second-order valence-corrected chi connectivity index (χ2v) is 6.20. The summed E-state index contributed by atoms with van der Waals surface area (Å²) in [7, 11) is 0. The van der Waals surface area contributed by atoms with Gasteiger partial charge in [-0.3, -0.25) is 0 Å². The molecule has 5 nitrogen and oxygen atoms in total. The average Bonchev–Trinajstić information content (AvgIpc) is 3.05. The summed E-state index contributed by atoms with van der Waals surface area (Å²) >= 11 is 0. The maximum Gasteiger partial charge on any atom is 0.455 e. The minimum atomic E-state index is -5.82. The lowest BCUT2D eigenvalue weighted by Gasteiger charge is -2.37. The highest BCUT2D eigenvalue weighted by molar-refractivity contribution is 5.88. The Bertz CT molecular complexity index is 863. The second kappa shape index (κ2) is 7.02. The van der Waals surface area contributed by atoms with Crippen LogP contribution in [0, 0.1) is 5.82 Å². The molecule has 11 heteroatoms. The number of hydrogen-bond donors (Lipinski definition) is 1. The Hall–Kier alpha value is -2.72. The fourth-order valence-electron chi connectivity index (χ4n) is 3.01. The number of benzene rings is 1. The van der Waals surface area contributed by atoms with Gasteiger partial charge in [-0.05, 0) is 24.6 Å². The van der Waals surface area contributed by atoms with Gasteiger partial charge in [0.25, 0.3) is 0 Å². The summed E-state index contributed by atoms with van der Waals surface area (Å²) in [6.07, 6.45) is -6.51. The molecule has 1 aliphatic rings. The van der Waals surface area contributed by atoms with E-state index in [2.05, 4.69) is 10.4 Å². The number of ether oxygens (including phenoxy) is 1. The van der Waals surface area contributed by atoms with Crippen LogP contribution in [-0.4, -0.2) is 34.5 Å². The number of carbonyl (C=O) groups excluding carboxylic acids is 1. The molecular weight excluding hydrogens is 392 g/mol. The quantitative estimate of drug-likeness (QED) is 0.599. The van der Waals surface area contributed by atoms with E-state index >= 15 is 0 Å². The Morgan fingerprint density at radius 2 is 1.89 bits per heavy atom. The number of alkyl halides is 5. The normalized spacial score (nSPS) is 19.7.